The van der Waals surface area contributed by atoms with E-state index >= 15 is 0 Å². The van der Waals surface area contributed by atoms with E-state index < -0.39 is 47.5 Å². The highest BCUT2D eigenvalue weighted by atomic mass is 35.5. The number of aryl methyl sites for hydroxylation is 1. The van der Waals surface area contributed by atoms with Gasteiger partial charge in [-0.3, -0.25) is 4.79 Å². The van der Waals surface area contributed by atoms with E-state index in [0.717, 1.165) is 0 Å². The molecule has 11 heteroatoms. The molecule has 0 saturated carbocycles. The van der Waals surface area contributed by atoms with Gasteiger partial charge in [0.05, 0.1) is 16.5 Å². The second-order valence-electron chi connectivity index (χ2n) is 6.83. The summed E-state index contributed by atoms with van der Waals surface area (Å²) in [5.74, 6) is -1.20. The third-order valence-corrected chi connectivity index (χ3v) is 6.72. The lowest BCUT2D eigenvalue weighted by Gasteiger charge is -2.30. The zero-order valence-electron chi connectivity index (χ0n) is 16.4. The van der Waals surface area contributed by atoms with Gasteiger partial charge in [0.1, 0.15) is 6.04 Å². The minimum atomic E-state index is -4.60. The van der Waals surface area contributed by atoms with Crippen molar-refractivity contribution in [1.29, 1.82) is 5.26 Å². The maximum absolute atomic E-state index is 13.3. The quantitative estimate of drug-likeness (QED) is 0.627. The molecule has 0 heterocycles. The largest absolute Gasteiger partial charge is 0.389 e. The summed E-state index contributed by atoms with van der Waals surface area (Å²) in [6, 6.07) is 9.67. The average molecular weight is 474 g/mol. The third-order valence-electron chi connectivity index (χ3n) is 4.60. The minimum Gasteiger partial charge on any atom is -0.368 e. The number of carbonyl (C=O) groups is 1. The van der Waals surface area contributed by atoms with E-state index in [4.69, 9.17) is 22.6 Å². The molecule has 1 amide bonds. The zero-order chi connectivity index (χ0) is 23.4. The van der Waals surface area contributed by atoms with Crippen molar-refractivity contribution < 1.29 is 26.4 Å². The number of nitrogens with zero attached hydrogens (tertiary/aromatic N) is 2. The van der Waals surface area contributed by atoms with Crippen LogP contribution in [0.25, 0.3) is 0 Å². The molecule has 2 aromatic carbocycles. The molecule has 0 aliphatic rings. The van der Waals surface area contributed by atoms with Crippen molar-refractivity contribution in [2.75, 3.05) is 0 Å². The van der Waals surface area contributed by atoms with Crippen LogP contribution in [0, 0.1) is 18.3 Å². The maximum Gasteiger partial charge on any atom is 0.389 e. The van der Waals surface area contributed by atoms with E-state index in [9.17, 15) is 26.4 Å². The first kappa shape index (κ1) is 24.7. The molecule has 0 aromatic heterocycles. The first-order valence-electron chi connectivity index (χ1n) is 8.98. The summed E-state index contributed by atoms with van der Waals surface area (Å²) in [5, 5.41) is 9.27. The van der Waals surface area contributed by atoms with E-state index in [1.165, 1.54) is 42.5 Å². The van der Waals surface area contributed by atoms with Crippen LogP contribution in [-0.4, -0.2) is 30.8 Å². The highest BCUT2D eigenvalue weighted by Crippen LogP contribution is 2.29. The lowest BCUT2D eigenvalue weighted by Crippen LogP contribution is -2.48. The number of amides is 1. The molecule has 0 unspecified atom stereocenters. The lowest BCUT2D eigenvalue weighted by atomic mass is 10.0. The van der Waals surface area contributed by atoms with Crippen molar-refractivity contribution in [2.24, 2.45) is 5.73 Å². The Morgan fingerprint density at radius 2 is 1.84 bits per heavy atom. The molecule has 0 aliphatic carbocycles. The van der Waals surface area contributed by atoms with Crippen molar-refractivity contribution in [3.8, 4) is 6.07 Å². The fraction of sp³-hybridized carbons (Fsp3) is 0.300. The van der Waals surface area contributed by atoms with Crippen LogP contribution in [0.15, 0.2) is 47.4 Å². The average Bonchev–Trinajstić information content (AvgIpc) is 2.67. The topological polar surface area (TPSA) is 104 Å². The number of rotatable bonds is 8. The van der Waals surface area contributed by atoms with Crippen LogP contribution in [0.5, 0.6) is 0 Å². The summed E-state index contributed by atoms with van der Waals surface area (Å²) in [7, 11) is -4.42. The van der Waals surface area contributed by atoms with Crippen molar-refractivity contribution in [3.05, 3.63) is 64.2 Å². The van der Waals surface area contributed by atoms with Crippen molar-refractivity contribution >= 4 is 27.5 Å². The number of carbonyl (C=O) groups excluding carboxylic acids is 1. The molecule has 0 saturated heterocycles. The standard InChI is InChI=1S/C20H19ClF3N3O3S/c1-13-10-14(11-25)2-3-15(13)12-27(18(19(26)28)8-9-20(22,23)24)31(29,30)17-6-4-16(21)5-7-17/h2-7,10,18H,8-9,12H2,1H3,(H2,26,28)/t18-/m1/s1. The van der Waals surface area contributed by atoms with Gasteiger partial charge in [-0.2, -0.15) is 22.7 Å². The Labute approximate surface area is 183 Å². The summed E-state index contributed by atoms with van der Waals surface area (Å²) in [4.78, 5) is 11.8. The molecule has 2 rings (SSSR count). The maximum atomic E-state index is 13.3. The monoisotopic (exact) mass is 473 g/mol. The molecule has 6 nitrogen and oxygen atoms in total. The fourth-order valence-corrected chi connectivity index (χ4v) is 4.67. The van der Waals surface area contributed by atoms with Crippen LogP contribution in [-0.2, 0) is 21.4 Å². The first-order valence-corrected chi connectivity index (χ1v) is 10.8. The Morgan fingerprint density at radius 1 is 1.23 bits per heavy atom. The summed E-state index contributed by atoms with van der Waals surface area (Å²) >= 11 is 5.80. The van der Waals surface area contributed by atoms with Crippen LogP contribution < -0.4 is 5.73 Å². The molecule has 0 aliphatic heterocycles. The van der Waals surface area contributed by atoms with Gasteiger partial charge in [0.15, 0.2) is 0 Å². The molecule has 0 radical (unpaired) electrons. The van der Waals surface area contributed by atoms with Crippen LogP contribution in [0.1, 0.15) is 29.5 Å². The van der Waals surface area contributed by atoms with Gasteiger partial charge >= 0.3 is 6.18 Å². The number of nitriles is 1. The number of halogens is 4. The Morgan fingerprint density at radius 3 is 2.32 bits per heavy atom. The normalized spacial score (nSPS) is 13.1. The number of primary amides is 1. The van der Waals surface area contributed by atoms with Gasteiger partial charge in [-0.05, 0) is 60.9 Å². The Hall–Kier alpha value is -2.61. The number of benzene rings is 2. The fourth-order valence-electron chi connectivity index (χ4n) is 2.94. The third kappa shape index (κ3) is 6.43. The van der Waals surface area contributed by atoms with E-state index in [1.807, 2.05) is 6.07 Å². The second-order valence-corrected chi connectivity index (χ2v) is 9.16. The molecule has 0 bridgehead atoms. The zero-order valence-corrected chi connectivity index (χ0v) is 17.9. The number of alkyl halides is 3. The minimum absolute atomic E-state index is 0.249. The smallest absolute Gasteiger partial charge is 0.368 e. The van der Waals surface area contributed by atoms with E-state index in [-0.39, 0.29) is 9.92 Å². The van der Waals surface area contributed by atoms with Crippen LogP contribution >= 0.6 is 11.6 Å². The second kappa shape index (κ2) is 9.68. The van der Waals surface area contributed by atoms with Gasteiger partial charge in [-0.1, -0.05) is 17.7 Å². The summed E-state index contributed by atoms with van der Waals surface area (Å²) < 4.78 is 65.7. The number of hydrogen-bond acceptors (Lipinski definition) is 4. The summed E-state index contributed by atoms with van der Waals surface area (Å²) in [5.41, 5.74) is 6.61. The van der Waals surface area contributed by atoms with E-state index in [1.54, 1.807) is 6.92 Å². The highest BCUT2D eigenvalue weighted by Gasteiger charge is 2.38. The first-order chi connectivity index (χ1) is 14.3. The highest BCUT2D eigenvalue weighted by molar-refractivity contribution is 7.89. The molecular formula is C20H19ClF3N3O3S. The van der Waals surface area contributed by atoms with E-state index in [2.05, 4.69) is 0 Å². The van der Waals surface area contributed by atoms with Gasteiger partial charge in [-0.15, -0.1) is 0 Å². The van der Waals surface area contributed by atoms with Gasteiger partial charge in [0.2, 0.25) is 15.9 Å². The number of nitrogens with two attached hydrogens (primary N) is 1. The van der Waals surface area contributed by atoms with Crippen LogP contribution in [0.2, 0.25) is 5.02 Å². The van der Waals surface area contributed by atoms with E-state index in [0.29, 0.717) is 21.0 Å². The number of hydrogen-bond donors (Lipinski definition) is 1. The molecule has 2 N–H and O–H groups in total. The molecular weight excluding hydrogens is 455 g/mol. The predicted molar refractivity (Wildman–Crippen MR) is 108 cm³/mol. The Kier molecular flexibility index (Phi) is 7.70. The molecule has 0 fully saturated rings. The Bertz CT molecular complexity index is 1100. The summed E-state index contributed by atoms with van der Waals surface area (Å²) in [6.07, 6.45) is -6.83. The number of sulfonamides is 1. The summed E-state index contributed by atoms with van der Waals surface area (Å²) in [6.45, 7) is 1.21. The molecule has 166 valence electrons. The lowest BCUT2D eigenvalue weighted by molar-refractivity contribution is -0.140. The SMILES string of the molecule is Cc1cc(C#N)ccc1CN([C@H](CCC(F)(F)F)C(N)=O)S(=O)(=O)c1ccc(Cl)cc1. The molecule has 31 heavy (non-hydrogen) atoms. The van der Waals surface area contributed by atoms with Crippen LogP contribution in [0.4, 0.5) is 13.2 Å². The molecule has 1 atom stereocenters. The molecule has 0 spiro atoms. The molecule has 2 aromatic rings. The van der Waals surface area contributed by atoms with Crippen LogP contribution in [0.3, 0.4) is 0 Å². The van der Waals surface area contributed by atoms with Gasteiger partial charge in [0, 0.05) is 18.0 Å². The predicted octanol–water partition coefficient (Wildman–Crippen LogP) is 3.91. The van der Waals surface area contributed by atoms with Crippen molar-refractivity contribution in [1.82, 2.24) is 4.31 Å². The van der Waals surface area contributed by atoms with Crippen molar-refractivity contribution in [2.45, 2.75) is 43.4 Å². The van der Waals surface area contributed by atoms with Gasteiger partial charge in [-0.25, -0.2) is 8.42 Å². The Balaban J connectivity index is 2.55. The van der Waals surface area contributed by atoms with Gasteiger partial charge < -0.3 is 5.73 Å². The van der Waals surface area contributed by atoms with Crippen molar-refractivity contribution in [3.63, 3.8) is 0 Å². The van der Waals surface area contributed by atoms with Gasteiger partial charge in [0.25, 0.3) is 0 Å².